The van der Waals surface area contributed by atoms with Gasteiger partial charge in [-0.15, -0.1) is 11.8 Å². The molecule has 1 atom stereocenters. The maximum Gasteiger partial charge on any atom is 0.306 e. The highest BCUT2D eigenvalue weighted by Gasteiger charge is 2.42. The number of hydrogen-bond acceptors (Lipinski definition) is 5. The van der Waals surface area contributed by atoms with Gasteiger partial charge in [-0.2, -0.15) is 0 Å². The summed E-state index contributed by atoms with van der Waals surface area (Å²) in [7, 11) is 1.58. The number of amides is 1. The third-order valence-corrected chi connectivity index (χ3v) is 7.00. The molecule has 1 saturated carbocycles. The quantitative estimate of drug-likeness (QED) is 0.628. The molecule has 1 aromatic carbocycles. The van der Waals surface area contributed by atoms with Gasteiger partial charge >= 0.3 is 5.97 Å². The molecule has 0 aromatic heterocycles. The molecule has 0 saturated heterocycles. The van der Waals surface area contributed by atoms with Gasteiger partial charge in [0.2, 0.25) is 0 Å². The molecule has 6 heteroatoms. The summed E-state index contributed by atoms with van der Waals surface area (Å²) in [6.45, 7) is 2.61. The van der Waals surface area contributed by atoms with E-state index in [1.807, 2.05) is 30.8 Å². The molecule has 158 valence electrons. The number of thioether (sulfide) groups is 1. The van der Waals surface area contributed by atoms with Crippen LogP contribution >= 0.6 is 11.8 Å². The summed E-state index contributed by atoms with van der Waals surface area (Å²) in [6.07, 6.45) is 7.18. The molecule has 0 spiro atoms. The van der Waals surface area contributed by atoms with Gasteiger partial charge in [-0.3, -0.25) is 9.59 Å². The summed E-state index contributed by atoms with van der Waals surface area (Å²) >= 11 is 1.83. The van der Waals surface area contributed by atoms with Crippen molar-refractivity contribution in [1.29, 1.82) is 0 Å². The fraction of sp³-hybridized carbons (Fsp3) is 0.565. The number of ether oxygens (including phenoxy) is 2. The minimum atomic E-state index is -0.104. The van der Waals surface area contributed by atoms with Crippen LogP contribution in [0.1, 0.15) is 55.8 Å². The number of nitrogens with one attached hydrogen (secondary N) is 1. The van der Waals surface area contributed by atoms with E-state index in [2.05, 4.69) is 16.8 Å². The van der Waals surface area contributed by atoms with Gasteiger partial charge in [-0.05, 0) is 61.0 Å². The van der Waals surface area contributed by atoms with Crippen molar-refractivity contribution in [2.45, 2.75) is 51.6 Å². The summed E-state index contributed by atoms with van der Waals surface area (Å²) in [5.74, 6) is 1.86. The lowest BCUT2D eigenvalue weighted by Crippen LogP contribution is -2.46. The Morgan fingerprint density at radius 2 is 2.00 bits per heavy atom. The number of para-hydroxylation sites is 1. The number of hydrogen-bond donors (Lipinski definition) is 1. The predicted molar refractivity (Wildman–Crippen MR) is 116 cm³/mol. The molecule has 0 unspecified atom stereocenters. The van der Waals surface area contributed by atoms with Crippen molar-refractivity contribution >= 4 is 23.6 Å². The molecule has 3 rings (SSSR count). The van der Waals surface area contributed by atoms with Crippen molar-refractivity contribution in [3.05, 3.63) is 41.3 Å². The van der Waals surface area contributed by atoms with E-state index in [-0.39, 0.29) is 23.4 Å². The van der Waals surface area contributed by atoms with E-state index in [1.165, 1.54) is 0 Å². The Kier molecular flexibility index (Phi) is 7.64. The Hall–Kier alpha value is -1.95. The smallest absolute Gasteiger partial charge is 0.306 e. The van der Waals surface area contributed by atoms with E-state index >= 15 is 0 Å². The SMILES string of the molecule is CCCC(=O)O[C@H]1CC[C@](CNC(=O)c2ccccc2OC)([C@H]2C=CSC2)CC1. The summed E-state index contributed by atoms with van der Waals surface area (Å²) < 4.78 is 11.0. The standard InChI is InChI=1S/C23H31NO4S/c1-3-6-21(25)28-18-9-12-23(13-10-18,17-11-14-29-15-17)16-24-22(26)19-7-4-5-8-20(19)27-2/h4-5,7-8,11,14,17-18H,3,6,9-10,12-13,15-16H2,1-2H3,(H,24,26)/t17-,18-,23-/m0/s1. The lowest BCUT2D eigenvalue weighted by molar-refractivity contribution is -0.152. The predicted octanol–water partition coefficient (Wildman–Crippen LogP) is 4.57. The van der Waals surface area contributed by atoms with Crippen molar-refractivity contribution in [1.82, 2.24) is 5.32 Å². The molecule has 1 N–H and O–H groups in total. The van der Waals surface area contributed by atoms with E-state index in [0.717, 1.165) is 37.9 Å². The van der Waals surface area contributed by atoms with Gasteiger partial charge in [-0.1, -0.05) is 25.1 Å². The van der Waals surface area contributed by atoms with Crippen LogP contribution in [-0.2, 0) is 9.53 Å². The minimum Gasteiger partial charge on any atom is -0.496 e. The summed E-state index contributed by atoms with van der Waals surface area (Å²) in [5, 5.41) is 5.34. The van der Waals surface area contributed by atoms with Crippen LogP contribution in [0.25, 0.3) is 0 Å². The monoisotopic (exact) mass is 417 g/mol. The van der Waals surface area contributed by atoms with Crippen LogP contribution < -0.4 is 10.1 Å². The van der Waals surface area contributed by atoms with Gasteiger partial charge in [0.15, 0.2) is 0 Å². The molecule has 29 heavy (non-hydrogen) atoms. The first-order valence-corrected chi connectivity index (χ1v) is 11.5. The lowest BCUT2D eigenvalue weighted by atomic mass is 9.65. The van der Waals surface area contributed by atoms with E-state index < -0.39 is 0 Å². The molecule has 1 aliphatic carbocycles. The third kappa shape index (κ3) is 5.35. The Morgan fingerprint density at radius 1 is 1.24 bits per heavy atom. The molecular formula is C23H31NO4S. The molecule has 2 aliphatic rings. The van der Waals surface area contributed by atoms with Crippen molar-refractivity contribution < 1.29 is 19.1 Å². The summed E-state index contributed by atoms with van der Waals surface area (Å²) in [5.41, 5.74) is 0.564. The van der Waals surface area contributed by atoms with Crippen LogP contribution in [0.4, 0.5) is 0 Å². The second kappa shape index (κ2) is 10.2. The molecule has 1 aliphatic heterocycles. The number of rotatable bonds is 8. The van der Waals surface area contributed by atoms with E-state index in [4.69, 9.17) is 9.47 Å². The average Bonchev–Trinajstić information content (AvgIpc) is 3.29. The van der Waals surface area contributed by atoms with Crippen LogP contribution in [0.2, 0.25) is 0 Å². The number of allylic oxidation sites excluding steroid dienone is 1. The van der Waals surface area contributed by atoms with Crippen LogP contribution in [-0.4, -0.2) is 37.4 Å². The molecular weight excluding hydrogens is 386 g/mol. The first kappa shape index (κ1) is 21.8. The lowest BCUT2D eigenvalue weighted by Gasteiger charge is -2.43. The molecule has 1 aromatic rings. The third-order valence-electron chi connectivity index (χ3n) is 6.10. The van der Waals surface area contributed by atoms with E-state index in [9.17, 15) is 9.59 Å². The highest BCUT2D eigenvalue weighted by Crippen LogP contribution is 2.47. The maximum atomic E-state index is 12.8. The number of esters is 1. The number of benzene rings is 1. The summed E-state index contributed by atoms with van der Waals surface area (Å²) in [4.78, 5) is 24.7. The Bertz CT molecular complexity index is 740. The maximum absolute atomic E-state index is 12.8. The number of carbonyl (C=O) groups excluding carboxylic acids is 2. The van der Waals surface area contributed by atoms with Gasteiger partial charge in [0.05, 0.1) is 12.7 Å². The average molecular weight is 418 g/mol. The van der Waals surface area contributed by atoms with Crippen molar-refractivity contribution in [3.8, 4) is 5.75 Å². The molecule has 5 nitrogen and oxygen atoms in total. The van der Waals surface area contributed by atoms with Crippen LogP contribution in [0, 0.1) is 11.3 Å². The second-order valence-corrected chi connectivity index (χ2v) is 8.89. The second-order valence-electron chi connectivity index (χ2n) is 7.95. The Balaban J connectivity index is 1.65. The normalized spacial score (nSPS) is 26.1. The fourth-order valence-corrected chi connectivity index (χ4v) is 5.43. The van der Waals surface area contributed by atoms with Gasteiger partial charge in [0.25, 0.3) is 5.91 Å². The Morgan fingerprint density at radius 3 is 2.66 bits per heavy atom. The van der Waals surface area contributed by atoms with Gasteiger partial charge < -0.3 is 14.8 Å². The topological polar surface area (TPSA) is 64.6 Å². The van der Waals surface area contributed by atoms with Crippen LogP contribution in [0.15, 0.2) is 35.7 Å². The highest BCUT2D eigenvalue weighted by molar-refractivity contribution is 8.02. The van der Waals surface area contributed by atoms with E-state index in [1.54, 1.807) is 19.2 Å². The Labute approximate surface area is 177 Å². The fourth-order valence-electron chi connectivity index (χ4n) is 4.34. The molecule has 1 fully saturated rings. The molecule has 0 bridgehead atoms. The van der Waals surface area contributed by atoms with E-state index in [0.29, 0.717) is 30.2 Å². The number of carbonyl (C=O) groups is 2. The largest absolute Gasteiger partial charge is 0.496 e. The van der Waals surface area contributed by atoms with Gasteiger partial charge in [0.1, 0.15) is 11.9 Å². The zero-order valence-electron chi connectivity index (χ0n) is 17.3. The van der Waals surface area contributed by atoms with Crippen LogP contribution in [0.3, 0.4) is 0 Å². The van der Waals surface area contributed by atoms with Gasteiger partial charge in [0, 0.05) is 18.7 Å². The van der Waals surface area contributed by atoms with Crippen molar-refractivity contribution in [2.75, 3.05) is 19.4 Å². The molecule has 1 heterocycles. The highest BCUT2D eigenvalue weighted by atomic mass is 32.2. The zero-order valence-corrected chi connectivity index (χ0v) is 18.1. The number of methoxy groups -OCH3 is 1. The zero-order chi connectivity index (χ0) is 20.7. The molecule has 1 amide bonds. The van der Waals surface area contributed by atoms with Crippen molar-refractivity contribution in [2.24, 2.45) is 11.3 Å². The molecule has 0 radical (unpaired) electrons. The van der Waals surface area contributed by atoms with Crippen molar-refractivity contribution in [3.63, 3.8) is 0 Å². The summed E-state index contributed by atoms with van der Waals surface area (Å²) in [6, 6.07) is 7.30. The first-order chi connectivity index (χ1) is 14.1. The first-order valence-electron chi connectivity index (χ1n) is 10.5. The van der Waals surface area contributed by atoms with Crippen LogP contribution in [0.5, 0.6) is 5.75 Å². The van der Waals surface area contributed by atoms with Gasteiger partial charge in [-0.25, -0.2) is 0 Å². The minimum absolute atomic E-state index is 0.00475.